The quantitative estimate of drug-likeness (QED) is 0.759. The average molecular weight is 281 g/mol. The molecule has 0 saturated heterocycles. The van der Waals surface area contributed by atoms with Crippen molar-refractivity contribution in [3.63, 3.8) is 0 Å². The van der Waals surface area contributed by atoms with Crippen molar-refractivity contribution in [2.75, 3.05) is 31.6 Å². The number of hydrogen-bond donors (Lipinski definition) is 2. The van der Waals surface area contributed by atoms with Crippen LogP contribution in [0, 0.1) is 11.3 Å². The number of thiophene rings is 1. The molecule has 0 fully saturated rings. The standard InChI is InChI=1S/C13H19N3O2S/c1-2-16(6-3-8-17)7-4-12(18)15-13-11(10-14)5-9-19-13/h5,9,17H,2-4,6-8H2,1H3,(H,15,18). The van der Waals surface area contributed by atoms with Crippen molar-refractivity contribution in [1.82, 2.24) is 4.90 Å². The maximum atomic E-state index is 11.8. The van der Waals surface area contributed by atoms with Gasteiger partial charge >= 0.3 is 0 Å². The van der Waals surface area contributed by atoms with Gasteiger partial charge in [0.15, 0.2) is 0 Å². The third-order valence-corrected chi connectivity index (χ3v) is 3.60. The summed E-state index contributed by atoms with van der Waals surface area (Å²) in [6.45, 7) is 4.51. The van der Waals surface area contributed by atoms with E-state index in [9.17, 15) is 4.79 Å². The molecule has 0 unspecified atom stereocenters. The van der Waals surface area contributed by atoms with Gasteiger partial charge in [-0.3, -0.25) is 4.79 Å². The summed E-state index contributed by atoms with van der Waals surface area (Å²) in [7, 11) is 0. The number of anilines is 1. The number of aliphatic hydroxyl groups is 1. The first-order valence-electron chi connectivity index (χ1n) is 6.32. The predicted octanol–water partition coefficient (Wildman–Crippen LogP) is 1.65. The molecule has 0 aliphatic heterocycles. The molecule has 5 nitrogen and oxygen atoms in total. The molecule has 0 saturated carbocycles. The zero-order valence-electron chi connectivity index (χ0n) is 11.1. The minimum absolute atomic E-state index is 0.0820. The van der Waals surface area contributed by atoms with Gasteiger partial charge < -0.3 is 15.3 Å². The van der Waals surface area contributed by atoms with Crippen molar-refractivity contribution in [2.45, 2.75) is 19.8 Å². The van der Waals surface area contributed by atoms with E-state index in [1.165, 1.54) is 11.3 Å². The predicted molar refractivity (Wildman–Crippen MR) is 76.1 cm³/mol. The van der Waals surface area contributed by atoms with Crippen LogP contribution in [0.2, 0.25) is 0 Å². The van der Waals surface area contributed by atoms with Crippen LogP contribution < -0.4 is 5.32 Å². The molecule has 6 heteroatoms. The monoisotopic (exact) mass is 281 g/mol. The smallest absolute Gasteiger partial charge is 0.226 e. The Morgan fingerprint density at radius 1 is 1.58 bits per heavy atom. The van der Waals surface area contributed by atoms with Crippen molar-refractivity contribution in [2.24, 2.45) is 0 Å². The average Bonchev–Trinajstić information content (AvgIpc) is 2.86. The highest BCUT2D eigenvalue weighted by atomic mass is 32.1. The Kier molecular flexibility index (Phi) is 7.11. The molecular formula is C13H19N3O2S. The van der Waals surface area contributed by atoms with Gasteiger partial charge in [-0.2, -0.15) is 5.26 Å². The Labute approximate surface area is 117 Å². The molecule has 1 rings (SSSR count). The molecule has 1 aromatic rings. The number of aliphatic hydroxyl groups excluding tert-OH is 1. The SMILES string of the molecule is CCN(CCCO)CCC(=O)Nc1sccc1C#N. The highest BCUT2D eigenvalue weighted by Crippen LogP contribution is 2.22. The summed E-state index contributed by atoms with van der Waals surface area (Å²) >= 11 is 1.36. The lowest BCUT2D eigenvalue weighted by molar-refractivity contribution is -0.116. The normalized spacial score (nSPS) is 10.4. The maximum absolute atomic E-state index is 11.8. The van der Waals surface area contributed by atoms with Crippen molar-refractivity contribution >= 4 is 22.2 Å². The van der Waals surface area contributed by atoms with Crippen molar-refractivity contribution in [3.05, 3.63) is 17.0 Å². The molecule has 0 radical (unpaired) electrons. The third-order valence-electron chi connectivity index (χ3n) is 2.77. The lowest BCUT2D eigenvalue weighted by Crippen LogP contribution is -2.29. The molecule has 1 amide bonds. The van der Waals surface area contributed by atoms with Crippen LogP contribution in [0.5, 0.6) is 0 Å². The zero-order valence-corrected chi connectivity index (χ0v) is 11.9. The molecule has 1 aromatic heterocycles. The first-order valence-corrected chi connectivity index (χ1v) is 7.19. The van der Waals surface area contributed by atoms with Gasteiger partial charge in [0, 0.05) is 26.1 Å². The van der Waals surface area contributed by atoms with E-state index in [2.05, 4.69) is 10.2 Å². The Hall–Kier alpha value is -1.42. The van der Waals surface area contributed by atoms with Gasteiger partial charge in [0.1, 0.15) is 11.1 Å². The highest BCUT2D eigenvalue weighted by Gasteiger charge is 2.10. The number of carbonyl (C=O) groups is 1. The number of nitrogens with one attached hydrogen (secondary N) is 1. The fourth-order valence-electron chi connectivity index (χ4n) is 1.67. The Bertz CT molecular complexity index is 439. The van der Waals surface area contributed by atoms with Crippen LogP contribution in [-0.4, -0.2) is 42.2 Å². The Morgan fingerprint density at radius 3 is 3.00 bits per heavy atom. The number of hydrogen-bond acceptors (Lipinski definition) is 5. The molecule has 0 bridgehead atoms. The largest absolute Gasteiger partial charge is 0.396 e. The van der Waals surface area contributed by atoms with Crippen LogP contribution in [-0.2, 0) is 4.79 Å². The second-order valence-electron chi connectivity index (χ2n) is 4.08. The molecule has 0 spiro atoms. The summed E-state index contributed by atoms with van der Waals surface area (Å²) in [4.78, 5) is 13.9. The third kappa shape index (κ3) is 5.39. The molecule has 2 N–H and O–H groups in total. The van der Waals surface area contributed by atoms with E-state index in [0.717, 1.165) is 19.5 Å². The lowest BCUT2D eigenvalue weighted by Gasteiger charge is -2.19. The van der Waals surface area contributed by atoms with Gasteiger partial charge in [-0.15, -0.1) is 11.3 Å². The summed E-state index contributed by atoms with van der Waals surface area (Å²) < 4.78 is 0. The van der Waals surface area contributed by atoms with Crippen molar-refractivity contribution in [1.29, 1.82) is 5.26 Å². The van der Waals surface area contributed by atoms with Crippen LogP contribution in [0.1, 0.15) is 25.3 Å². The molecule has 19 heavy (non-hydrogen) atoms. The van der Waals surface area contributed by atoms with E-state index in [4.69, 9.17) is 10.4 Å². The van der Waals surface area contributed by atoms with Gasteiger partial charge in [-0.05, 0) is 24.4 Å². The number of nitriles is 1. The van der Waals surface area contributed by atoms with E-state index in [1.54, 1.807) is 11.4 Å². The minimum atomic E-state index is -0.0820. The molecule has 1 heterocycles. The maximum Gasteiger partial charge on any atom is 0.226 e. The van der Waals surface area contributed by atoms with Crippen LogP contribution in [0.15, 0.2) is 11.4 Å². The second kappa shape index (κ2) is 8.64. The van der Waals surface area contributed by atoms with Crippen LogP contribution in [0.25, 0.3) is 0 Å². The molecule has 0 aliphatic carbocycles. The Morgan fingerprint density at radius 2 is 2.37 bits per heavy atom. The van der Waals surface area contributed by atoms with E-state index >= 15 is 0 Å². The molecule has 104 valence electrons. The van der Waals surface area contributed by atoms with Crippen molar-refractivity contribution in [3.8, 4) is 6.07 Å². The zero-order chi connectivity index (χ0) is 14.1. The number of rotatable bonds is 8. The highest BCUT2D eigenvalue weighted by molar-refractivity contribution is 7.14. The fraction of sp³-hybridized carbons (Fsp3) is 0.538. The molecule has 0 aromatic carbocycles. The van der Waals surface area contributed by atoms with Crippen LogP contribution in [0.4, 0.5) is 5.00 Å². The van der Waals surface area contributed by atoms with E-state index in [0.29, 0.717) is 23.5 Å². The Balaban J connectivity index is 2.37. The van der Waals surface area contributed by atoms with Gasteiger partial charge in [-0.1, -0.05) is 6.92 Å². The van der Waals surface area contributed by atoms with Gasteiger partial charge in [0.25, 0.3) is 0 Å². The summed E-state index contributed by atoms with van der Waals surface area (Å²) in [6, 6.07) is 3.74. The number of nitrogens with zero attached hydrogens (tertiary/aromatic N) is 2. The van der Waals surface area contributed by atoms with E-state index < -0.39 is 0 Å². The van der Waals surface area contributed by atoms with Gasteiger partial charge in [-0.25, -0.2) is 0 Å². The van der Waals surface area contributed by atoms with Gasteiger partial charge in [0.05, 0.1) is 5.56 Å². The minimum Gasteiger partial charge on any atom is -0.396 e. The summed E-state index contributed by atoms with van der Waals surface area (Å²) in [5, 5.41) is 22.8. The second-order valence-corrected chi connectivity index (χ2v) is 5.00. The molecular weight excluding hydrogens is 262 g/mol. The summed E-state index contributed by atoms with van der Waals surface area (Å²) in [5.41, 5.74) is 0.506. The van der Waals surface area contributed by atoms with Crippen LogP contribution >= 0.6 is 11.3 Å². The van der Waals surface area contributed by atoms with Crippen LogP contribution in [0.3, 0.4) is 0 Å². The molecule has 0 atom stereocenters. The topological polar surface area (TPSA) is 76.4 Å². The van der Waals surface area contributed by atoms with Crippen molar-refractivity contribution < 1.29 is 9.90 Å². The van der Waals surface area contributed by atoms with E-state index in [-0.39, 0.29) is 12.5 Å². The number of carbonyl (C=O) groups excluding carboxylic acids is 1. The first-order chi connectivity index (χ1) is 9.21. The fourth-order valence-corrected chi connectivity index (χ4v) is 2.42. The lowest BCUT2D eigenvalue weighted by atomic mass is 10.3. The first kappa shape index (κ1) is 15.6. The summed E-state index contributed by atoms with van der Waals surface area (Å²) in [6.07, 6.45) is 1.11. The molecule has 0 aliphatic rings. The van der Waals surface area contributed by atoms with E-state index in [1.807, 2.05) is 13.0 Å². The number of amides is 1. The van der Waals surface area contributed by atoms with Gasteiger partial charge in [0.2, 0.25) is 5.91 Å². The summed E-state index contributed by atoms with van der Waals surface area (Å²) in [5.74, 6) is -0.0820.